The van der Waals surface area contributed by atoms with Gasteiger partial charge in [-0.1, -0.05) is 19.3 Å². The van der Waals surface area contributed by atoms with Crippen LogP contribution in [0.1, 0.15) is 44.9 Å². The quantitative estimate of drug-likeness (QED) is 0.742. The van der Waals surface area contributed by atoms with Gasteiger partial charge in [0.2, 0.25) is 0 Å². The van der Waals surface area contributed by atoms with Crippen LogP contribution in [0.25, 0.3) is 0 Å². The Bertz CT molecular complexity index is 359. The Morgan fingerprint density at radius 1 is 0.944 bits per heavy atom. The van der Waals surface area contributed by atoms with Gasteiger partial charge < -0.3 is 4.90 Å². The first kappa shape index (κ1) is 12.0. The molecule has 2 heterocycles. The molecule has 3 rings (SSSR count). The van der Waals surface area contributed by atoms with E-state index in [0.717, 1.165) is 5.92 Å². The molecule has 0 bridgehead atoms. The first-order valence-electron chi connectivity index (χ1n) is 7.66. The summed E-state index contributed by atoms with van der Waals surface area (Å²) < 4.78 is 2.38. The van der Waals surface area contributed by atoms with E-state index in [-0.39, 0.29) is 0 Å². The summed E-state index contributed by atoms with van der Waals surface area (Å²) >= 11 is 0. The topological polar surface area (TPSA) is 7.12 Å². The van der Waals surface area contributed by atoms with Crippen molar-refractivity contribution in [3.05, 3.63) is 24.5 Å². The van der Waals surface area contributed by atoms with E-state index in [4.69, 9.17) is 0 Å². The van der Waals surface area contributed by atoms with Crippen LogP contribution in [0.5, 0.6) is 0 Å². The highest BCUT2D eigenvalue weighted by Crippen LogP contribution is 2.24. The Balaban J connectivity index is 1.59. The summed E-state index contributed by atoms with van der Waals surface area (Å²) in [5.74, 6) is 0.918. The van der Waals surface area contributed by atoms with Crippen LogP contribution in [0.2, 0.25) is 0 Å². The van der Waals surface area contributed by atoms with E-state index in [1.54, 1.807) is 0 Å². The summed E-state index contributed by atoms with van der Waals surface area (Å²) in [4.78, 5) is 2.50. The van der Waals surface area contributed by atoms with Gasteiger partial charge in [-0.3, -0.25) is 0 Å². The van der Waals surface area contributed by atoms with E-state index in [0.29, 0.717) is 0 Å². The van der Waals surface area contributed by atoms with Crippen molar-refractivity contribution in [2.75, 3.05) is 18.0 Å². The summed E-state index contributed by atoms with van der Waals surface area (Å²) in [6, 6.07) is 4.60. The third-order valence-electron chi connectivity index (χ3n) is 4.54. The lowest BCUT2D eigenvalue weighted by molar-refractivity contribution is -0.703. The molecule has 2 nitrogen and oxygen atoms in total. The molecule has 0 aromatic carbocycles. The second kappa shape index (κ2) is 5.73. The molecule has 2 heteroatoms. The molecule has 1 saturated heterocycles. The van der Waals surface area contributed by atoms with E-state index in [2.05, 4.69) is 34.0 Å². The average molecular weight is 245 g/mol. The molecule has 1 saturated carbocycles. The Morgan fingerprint density at radius 3 is 2.28 bits per heavy atom. The molecule has 2 aliphatic rings. The van der Waals surface area contributed by atoms with Gasteiger partial charge in [-0.2, -0.15) is 0 Å². The zero-order chi connectivity index (χ0) is 12.2. The maximum absolute atomic E-state index is 2.50. The average Bonchev–Trinajstić information content (AvgIpc) is 2.95. The number of aromatic nitrogens is 1. The summed E-state index contributed by atoms with van der Waals surface area (Å²) in [6.07, 6.45) is 14.5. The minimum absolute atomic E-state index is 0.918. The highest BCUT2D eigenvalue weighted by molar-refractivity contribution is 5.44. The van der Waals surface area contributed by atoms with Crippen molar-refractivity contribution >= 4 is 5.69 Å². The van der Waals surface area contributed by atoms with E-state index in [1.165, 1.54) is 70.3 Å². The summed E-state index contributed by atoms with van der Waals surface area (Å²) in [7, 11) is 0. The van der Waals surface area contributed by atoms with Gasteiger partial charge in [0, 0.05) is 36.8 Å². The molecule has 1 aliphatic carbocycles. The van der Waals surface area contributed by atoms with Gasteiger partial charge in [0.05, 0.1) is 0 Å². The van der Waals surface area contributed by atoms with Gasteiger partial charge in [0.25, 0.3) is 0 Å². The highest BCUT2D eigenvalue weighted by Gasteiger charge is 2.18. The SMILES string of the molecule is c1c[n+](CC2CCCCC2)ccc1N1CCCC1. The van der Waals surface area contributed by atoms with Crippen molar-refractivity contribution in [3.63, 3.8) is 0 Å². The van der Waals surface area contributed by atoms with Crippen LogP contribution in [-0.4, -0.2) is 13.1 Å². The number of hydrogen-bond acceptors (Lipinski definition) is 1. The van der Waals surface area contributed by atoms with Gasteiger partial charge in [-0.15, -0.1) is 0 Å². The number of anilines is 1. The largest absolute Gasteiger partial charge is 0.371 e. The Hall–Kier alpha value is -1.05. The summed E-state index contributed by atoms with van der Waals surface area (Å²) in [5.41, 5.74) is 1.41. The smallest absolute Gasteiger partial charge is 0.170 e. The Kier molecular flexibility index (Phi) is 3.82. The third-order valence-corrected chi connectivity index (χ3v) is 4.54. The second-order valence-electron chi connectivity index (χ2n) is 5.95. The van der Waals surface area contributed by atoms with E-state index in [9.17, 15) is 0 Å². The van der Waals surface area contributed by atoms with Gasteiger partial charge in [-0.25, -0.2) is 4.57 Å². The van der Waals surface area contributed by atoms with Crippen molar-refractivity contribution in [3.8, 4) is 0 Å². The van der Waals surface area contributed by atoms with Crippen LogP contribution in [0.4, 0.5) is 5.69 Å². The van der Waals surface area contributed by atoms with Crippen LogP contribution >= 0.6 is 0 Å². The first-order valence-corrected chi connectivity index (χ1v) is 7.66. The first-order chi connectivity index (χ1) is 8.92. The minimum Gasteiger partial charge on any atom is -0.371 e. The second-order valence-corrected chi connectivity index (χ2v) is 5.95. The zero-order valence-corrected chi connectivity index (χ0v) is 11.4. The monoisotopic (exact) mass is 245 g/mol. The normalized spacial score (nSPS) is 21.4. The maximum atomic E-state index is 2.50. The molecular formula is C16H25N2+. The molecule has 0 amide bonds. The molecule has 0 atom stereocenters. The van der Waals surface area contributed by atoms with E-state index in [1.807, 2.05) is 0 Å². The fraction of sp³-hybridized carbons (Fsp3) is 0.688. The number of hydrogen-bond donors (Lipinski definition) is 0. The van der Waals surface area contributed by atoms with E-state index < -0.39 is 0 Å². The summed E-state index contributed by atoms with van der Waals surface area (Å²) in [6.45, 7) is 3.71. The maximum Gasteiger partial charge on any atom is 0.170 e. The number of nitrogens with zero attached hydrogens (tertiary/aromatic N) is 2. The predicted octanol–water partition coefficient (Wildman–Crippen LogP) is 3.15. The molecule has 18 heavy (non-hydrogen) atoms. The third kappa shape index (κ3) is 2.85. The highest BCUT2D eigenvalue weighted by atomic mass is 15.1. The van der Waals surface area contributed by atoms with Crippen LogP contribution < -0.4 is 9.47 Å². The molecule has 0 spiro atoms. The van der Waals surface area contributed by atoms with Crippen LogP contribution in [-0.2, 0) is 6.54 Å². The van der Waals surface area contributed by atoms with Crippen LogP contribution in [0, 0.1) is 5.92 Å². The van der Waals surface area contributed by atoms with Crippen molar-refractivity contribution < 1.29 is 4.57 Å². The fourth-order valence-corrected chi connectivity index (χ4v) is 3.43. The van der Waals surface area contributed by atoms with Gasteiger partial charge >= 0.3 is 0 Å². The molecule has 98 valence electrons. The molecular weight excluding hydrogens is 220 g/mol. The zero-order valence-electron chi connectivity index (χ0n) is 11.4. The van der Waals surface area contributed by atoms with Crippen LogP contribution in [0.3, 0.4) is 0 Å². The minimum atomic E-state index is 0.918. The number of rotatable bonds is 3. The molecule has 1 aliphatic heterocycles. The van der Waals surface area contributed by atoms with Gasteiger partial charge in [-0.05, 0) is 25.7 Å². The van der Waals surface area contributed by atoms with Crippen molar-refractivity contribution in [2.24, 2.45) is 5.92 Å². The lowest BCUT2D eigenvalue weighted by Gasteiger charge is -2.19. The van der Waals surface area contributed by atoms with Crippen LogP contribution in [0.15, 0.2) is 24.5 Å². The standard InChI is InChI=1S/C16H25N2/c1-2-6-15(7-3-1)14-17-12-8-16(9-13-17)18-10-4-5-11-18/h8-9,12-13,15H,1-7,10-11,14H2/q+1. The van der Waals surface area contributed by atoms with Crippen molar-refractivity contribution in [1.82, 2.24) is 0 Å². The fourth-order valence-electron chi connectivity index (χ4n) is 3.43. The summed E-state index contributed by atoms with van der Waals surface area (Å²) in [5, 5.41) is 0. The van der Waals surface area contributed by atoms with Gasteiger partial charge in [0.1, 0.15) is 0 Å². The van der Waals surface area contributed by atoms with Crippen molar-refractivity contribution in [2.45, 2.75) is 51.5 Å². The van der Waals surface area contributed by atoms with Gasteiger partial charge in [0.15, 0.2) is 18.9 Å². The lowest BCUT2D eigenvalue weighted by Crippen LogP contribution is -2.37. The Morgan fingerprint density at radius 2 is 1.61 bits per heavy atom. The van der Waals surface area contributed by atoms with Crippen molar-refractivity contribution in [1.29, 1.82) is 0 Å². The Labute approximate surface area is 111 Å². The molecule has 2 fully saturated rings. The molecule has 1 aromatic rings. The molecule has 0 radical (unpaired) electrons. The molecule has 1 aromatic heterocycles. The molecule has 0 unspecified atom stereocenters. The number of pyridine rings is 1. The predicted molar refractivity (Wildman–Crippen MR) is 74.7 cm³/mol. The van der Waals surface area contributed by atoms with E-state index >= 15 is 0 Å². The molecule has 0 N–H and O–H groups in total. The lowest BCUT2D eigenvalue weighted by atomic mass is 9.89.